The number of rotatable bonds is 6. The SMILES string of the molecule is CN=C(NCCOc1ccccc1C)NCc1sc(C)nc1C. The maximum absolute atomic E-state index is 5.76. The summed E-state index contributed by atoms with van der Waals surface area (Å²) in [6, 6.07) is 8.02. The number of aliphatic imine (C=N–C) groups is 1. The number of thiazole rings is 1. The Morgan fingerprint density at radius 1 is 1.22 bits per heavy atom. The van der Waals surface area contributed by atoms with Crippen molar-refractivity contribution >= 4 is 17.3 Å². The average Bonchev–Trinajstić information content (AvgIpc) is 2.86. The van der Waals surface area contributed by atoms with Gasteiger partial charge in [0.05, 0.1) is 23.8 Å². The van der Waals surface area contributed by atoms with E-state index in [1.54, 1.807) is 18.4 Å². The van der Waals surface area contributed by atoms with Gasteiger partial charge in [-0.05, 0) is 32.4 Å². The van der Waals surface area contributed by atoms with Gasteiger partial charge in [0.15, 0.2) is 5.96 Å². The van der Waals surface area contributed by atoms with Gasteiger partial charge in [-0.2, -0.15) is 0 Å². The second kappa shape index (κ2) is 8.53. The molecule has 1 aromatic carbocycles. The lowest BCUT2D eigenvalue weighted by Crippen LogP contribution is -2.38. The summed E-state index contributed by atoms with van der Waals surface area (Å²) in [7, 11) is 1.77. The van der Waals surface area contributed by atoms with E-state index in [0.717, 1.165) is 34.5 Å². The lowest BCUT2D eigenvalue weighted by atomic mass is 10.2. The average molecular weight is 332 g/mol. The zero-order valence-corrected chi connectivity index (χ0v) is 15.0. The number of hydrogen-bond acceptors (Lipinski definition) is 4. The molecule has 0 bridgehead atoms. The van der Waals surface area contributed by atoms with Gasteiger partial charge in [-0.25, -0.2) is 4.98 Å². The normalized spacial score (nSPS) is 11.4. The molecule has 6 heteroatoms. The highest BCUT2D eigenvalue weighted by Crippen LogP contribution is 2.16. The van der Waals surface area contributed by atoms with Gasteiger partial charge < -0.3 is 15.4 Å². The van der Waals surface area contributed by atoms with E-state index in [0.29, 0.717) is 13.2 Å². The maximum Gasteiger partial charge on any atom is 0.191 e. The molecule has 0 spiro atoms. The van der Waals surface area contributed by atoms with Crippen LogP contribution in [-0.2, 0) is 6.54 Å². The third-order valence-electron chi connectivity index (χ3n) is 3.39. The summed E-state index contributed by atoms with van der Waals surface area (Å²) in [5.41, 5.74) is 2.23. The third-order valence-corrected chi connectivity index (χ3v) is 4.46. The molecule has 0 saturated heterocycles. The maximum atomic E-state index is 5.76. The van der Waals surface area contributed by atoms with Crippen molar-refractivity contribution in [2.75, 3.05) is 20.2 Å². The first-order chi connectivity index (χ1) is 11.1. The molecule has 0 amide bonds. The van der Waals surface area contributed by atoms with Gasteiger partial charge in [-0.15, -0.1) is 11.3 Å². The van der Waals surface area contributed by atoms with Crippen molar-refractivity contribution in [2.24, 2.45) is 4.99 Å². The molecule has 0 unspecified atom stereocenters. The van der Waals surface area contributed by atoms with E-state index >= 15 is 0 Å². The van der Waals surface area contributed by atoms with Gasteiger partial charge in [0.25, 0.3) is 0 Å². The molecule has 0 radical (unpaired) electrons. The molecule has 0 aliphatic rings. The van der Waals surface area contributed by atoms with Gasteiger partial charge in [0.1, 0.15) is 12.4 Å². The Hall–Kier alpha value is -2.08. The van der Waals surface area contributed by atoms with Crippen LogP contribution < -0.4 is 15.4 Å². The molecule has 2 N–H and O–H groups in total. The molecule has 0 aliphatic heterocycles. The van der Waals surface area contributed by atoms with Crippen LogP contribution in [0.3, 0.4) is 0 Å². The van der Waals surface area contributed by atoms with Gasteiger partial charge in [-0.1, -0.05) is 18.2 Å². The minimum Gasteiger partial charge on any atom is -0.491 e. The van der Waals surface area contributed by atoms with Gasteiger partial charge in [0, 0.05) is 11.9 Å². The molecule has 5 nitrogen and oxygen atoms in total. The number of para-hydroxylation sites is 1. The highest BCUT2D eigenvalue weighted by molar-refractivity contribution is 7.11. The predicted octanol–water partition coefficient (Wildman–Crippen LogP) is 2.81. The van der Waals surface area contributed by atoms with Crippen LogP contribution >= 0.6 is 11.3 Å². The fourth-order valence-electron chi connectivity index (χ4n) is 2.17. The number of benzene rings is 1. The number of ether oxygens (including phenoxy) is 1. The molecule has 124 valence electrons. The summed E-state index contributed by atoms with van der Waals surface area (Å²) in [5, 5.41) is 7.65. The van der Waals surface area contributed by atoms with Crippen molar-refractivity contribution in [1.29, 1.82) is 0 Å². The summed E-state index contributed by atoms with van der Waals surface area (Å²) >= 11 is 1.71. The largest absolute Gasteiger partial charge is 0.491 e. The first kappa shape index (κ1) is 17.3. The summed E-state index contributed by atoms with van der Waals surface area (Å²) < 4.78 is 5.76. The van der Waals surface area contributed by atoms with E-state index in [2.05, 4.69) is 20.6 Å². The third kappa shape index (κ3) is 5.25. The molecular weight excluding hydrogens is 308 g/mol. The number of nitrogens with zero attached hydrogens (tertiary/aromatic N) is 2. The van der Waals surface area contributed by atoms with Crippen LogP contribution in [-0.4, -0.2) is 31.1 Å². The molecule has 1 aromatic heterocycles. The number of hydrogen-bond donors (Lipinski definition) is 2. The number of aromatic nitrogens is 1. The van der Waals surface area contributed by atoms with Crippen molar-refractivity contribution in [1.82, 2.24) is 15.6 Å². The Labute approximate surface area is 141 Å². The van der Waals surface area contributed by atoms with Crippen LogP contribution in [0.5, 0.6) is 5.75 Å². The second-order valence-corrected chi connectivity index (χ2v) is 6.50. The van der Waals surface area contributed by atoms with Gasteiger partial charge in [0.2, 0.25) is 0 Å². The first-order valence-corrected chi connectivity index (χ1v) is 8.47. The Bertz CT molecular complexity index is 666. The quantitative estimate of drug-likeness (QED) is 0.485. The lowest BCUT2D eigenvalue weighted by molar-refractivity contribution is 0.320. The summed E-state index contributed by atoms with van der Waals surface area (Å²) in [4.78, 5) is 9.89. The summed E-state index contributed by atoms with van der Waals surface area (Å²) in [6.07, 6.45) is 0. The summed E-state index contributed by atoms with van der Waals surface area (Å²) in [5.74, 6) is 1.69. The van der Waals surface area contributed by atoms with E-state index < -0.39 is 0 Å². The standard InChI is InChI=1S/C17H24N4OS/c1-12-7-5-6-8-15(12)22-10-9-19-17(18-4)20-11-16-13(2)21-14(3)23-16/h5-8H,9-11H2,1-4H3,(H2,18,19,20). The molecule has 1 heterocycles. The molecule has 0 fully saturated rings. The minimum atomic E-state index is 0.588. The molecule has 23 heavy (non-hydrogen) atoms. The highest BCUT2D eigenvalue weighted by atomic mass is 32.1. The number of guanidine groups is 1. The highest BCUT2D eigenvalue weighted by Gasteiger charge is 2.05. The van der Waals surface area contributed by atoms with Crippen LogP contribution in [0.4, 0.5) is 0 Å². The van der Waals surface area contributed by atoms with Crippen molar-refractivity contribution < 1.29 is 4.74 Å². The van der Waals surface area contributed by atoms with Crippen molar-refractivity contribution in [3.05, 3.63) is 45.4 Å². The molecule has 0 aliphatic carbocycles. The van der Waals surface area contributed by atoms with Crippen LogP contribution in [0, 0.1) is 20.8 Å². The van der Waals surface area contributed by atoms with E-state index in [1.807, 2.05) is 45.0 Å². The Kier molecular flexibility index (Phi) is 6.40. The Morgan fingerprint density at radius 3 is 2.65 bits per heavy atom. The molecular formula is C17H24N4OS. The predicted molar refractivity (Wildman–Crippen MR) is 96.5 cm³/mol. The van der Waals surface area contributed by atoms with Crippen molar-refractivity contribution in [3.63, 3.8) is 0 Å². The molecule has 2 rings (SSSR count). The van der Waals surface area contributed by atoms with E-state index in [4.69, 9.17) is 4.74 Å². The number of nitrogens with one attached hydrogen (secondary N) is 2. The summed E-state index contributed by atoms with van der Waals surface area (Å²) in [6.45, 7) is 8.11. The van der Waals surface area contributed by atoms with Crippen LogP contribution in [0.25, 0.3) is 0 Å². The van der Waals surface area contributed by atoms with Crippen LogP contribution in [0.1, 0.15) is 21.1 Å². The molecule has 0 saturated carbocycles. The van der Waals surface area contributed by atoms with Gasteiger partial charge in [-0.3, -0.25) is 4.99 Å². The number of aryl methyl sites for hydroxylation is 3. The van der Waals surface area contributed by atoms with E-state index in [-0.39, 0.29) is 0 Å². The fourth-order valence-corrected chi connectivity index (χ4v) is 3.05. The monoisotopic (exact) mass is 332 g/mol. The van der Waals surface area contributed by atoms with E-state index in [9.17, 15) is 0 Å². The minimum absolute atomic E-state index is 0.588. The lowest BCUT2D eigenvalue weighted by Gasteiger charge is -2.13. The smallest absolute Gasteiger partial charge is 0.191 e. The van der Waals surface area contributed by atoms with Crippen molar-refractivity contribution in [2.45, 2.75) is 27.3 Å². The fraction of sp³-hybridized carbons (Fsp3) is 0.412. The topological polar surface area (TPSA) is 58.5 Å². The van der Waals surface area contributed by atoms with Crippen LogP contribution in [0.2, 0.25) is 0 Å². The van der Waals surface area contributed by atoms with Crippen LogP contribution in [0.15, 0.2) is 29.3 Å². The Morgan fingerprint density at radius 2 is 2.00 bits per heavy atom. The zero-order chi connectivity index (χ0) is 16.7. The molecule has 0 atom stereocenters. The zero-order valence-electron chi connectivity index (χ0n) is 14.1. The first-order valence-electron chi connectivity index (χ1n) is 7.66. The van der Waals surface area contributed by atoms with Crippen molar-refractivity contribution in [3.8, 4) is 5.75 Å². The second-order valence-electron chi connectivity index (χ2n) is 5.21. The molecule has 2 aromatic rings. The van der Waals surface area contributed by atoms with Gasteiger partial charge >= 0.3 is 0 Å². The van der Waals surface area contributed by atoms with E-state index in [1.165, 1.54) is 4.88 Å². The Balaban J connectivity index is 1.73.